The lowest BCUT2D eigenvalue weighted by molar-refractivity contribution is 0.00617. The lowest BCUT2D eigenvalue weighted by atomic mass is 10.1. The molecule has 1 unspecified atom stereocenters. The van der Waals surface area contributed by atoms with Crippen LogP contribution >= 0.6 is 0 Å². The third-order valence-corrected chi connectivity index (χ3v) is 3.83. The van der Waals surface area contributed by atoms with E-state index in [9.17, 15) is 14.4 Å². The molecule has 1 aromatic carbocycles. The maximum atomic E-state index is 12.6. The first-order chi connectivity index (χ1) is 11.2. The minimum absolute atomic E-state index is 0.0937. The number of carbonyl (C=O) groups excluding carboxylic acids is 3. The molecule has 2 rings (SSSR count). The van der Waals surface area contributed by atoms with Crippen molar-refractivity contribution in [2.75, 3.05) is 19.6 Å². The number of benzene rings is 1. The Bertz CT molecular complexity index is 619. The third kappa shape index (κ3) is 4.34. The molecule has 1 aliphatic rings. The molecule has 0 aliphatic carbocycles. The van der Waals surface area contributed by atoms with Gasteiger partial charge in [-0.3, -0.25) is 9.59 Å². The monoisotopic (exact) mass is 332 g/mol. The number of carbonyl (C=O) groups is 3. The van der Waals surface area contributed by atoms with E-state index in [0.717, 1.165) is 6.29 Å². The Hall–Kier alpha value is -2.37. The summed E-state index contributed by atoms with van der Waals surface area (Å²) in [6, 6.07) is 6.45. The predicted octanol–water partition coefficient (Wildman–Crippen LogP) is 2.58. The second-order valence-corrected chi connectivity index (χ2v) is 7.01. The van der Waals surface area contributed by atoms with Crippen LogP contribution in [0.5, 0.6) is 0 Å². The zero-order valence-electron chi connectivity index (χ0n) is 14.6. The maximum Gasteiger partial charge on any atom is 0.410 e. The van der Waals surface area contributed by atoms with Crippen LogP contribution in [0.4, 0.5) is 4.79 Å². The van der Waals surface area contributed by atoms with Crippen molar-refractivity contribution >= 4 is 18.3 Å². The second kappa shape index (κ2) is 7.03. The van der Waals surface area contributed by atoms with Gasteiger partial charge in [0.15, 0.2) is 0 Å². The summed E-state index contributed by atoms with van der Waals surface area (Å²) in [5.41, 5.74) is 0.542. The van der Waals surface area contributed by atoms with Gasteiger partial charge in [-0.2, -0.15) is 0 Å². The van der Waals surface area contributed by atoms with Gasteiger partial charge in [-0.1, -0.05) is 12.1 Å². The second-order valence-electron chi connectivity index (χ2n) is 7.01. The van der Waals surface area contributed by atoms with Crippen LogP contribution in [0.2, 0.25) is 0 Å². The molecule has 6 nitrogen and oxygen atoms in total. The fraction of sp³-hybridized carbons (Fsp3) is 0.500. The van der Waals surface area contributed by atoms with Crippen molar-refractivity contribution in [2.24, 2.45) is 0 Å². The first-order valence-corrected chi connectivity index (χ1v) is 8.05. The van der Waals surface area contributed by atoms with Crippen molar-refractivity contribution in [3.63, 3.8) is 0 Å². The van der Waals surface area contributed by atoms with Crippen molar-refractivity contribution in [3.05, 3.63) is 35.4 Å². The number of piperazine rings is 1. The molecule has 0 aromatic heterocycles. The highest BCUT2D eigenvalue weighted by Gasteiger charge is 2.32. The number of amides is 2. The van der Waals surface area contributed by atoms with Crippen LogP contribution in [-0.4, -0.2) is 59.4 Å². The van der Waals surface area contributed by atoms with E-state index in [0.29, 0.717) is 30.8 Å². The van der Waals surface area contributed by atoms with Gasteiger partial charge in [0.1, 0.15) is 11.9 Å². The normalized spacial score (nSPS) is 18.2. The summed E-state index contributed by atoms with van der Waals surface area (Å²) in [4.78, 5) is 38.8. The Balaban J connectivity index is 2.01. The van der Waals surface area contributed by atoms with Gasteiger partial charge in [0, 0.05) is 36.8 Å². The van der Waals surface area contributed by atoms with Gasteiger partial charge in [-0.25, -0.2) is 4.79 Å². The smallest absolute Gasteiger partial charge is 0.410 e. The van der Waals surface area contributed by atoms with Gasteiger partial charge in [0.05, 0.1) is 0 Å². The van der Waals surface area contributed by atoms with Crippen LogP contribution in [0.3, 0.4) is 0 Å². The Morgan fingerprint density at radius 2 is 1.79 bits per heavy atom. The number of hydrogen-bond acceptors (Lipinski definition) is 4. The minimum Gasteiger partial charge on any atom is -0.444 e. The number of nitrogens with zero attached hydrogens (tertiary/aromatic N) is 2. The summed E-state index contributed by atoms with van der Waals surface area (Å²) in [5.74, 6) is -0.0937. The molecule has 6 heteroatoms. The quantitative estimate of drug-likeness (QED) is 0.781. The molecule has 1 aliphatic heterocycles. The number of ether oxygens (including phenoxy) is 1. The minimum atomic E-state index is -0.534. The highest BCUT2D eigenvalue weighted by molar-refractivity contribution is 5.95. The van der Waals surface area contributed by atoms with Crippen LogP contribution in [-0.2, 0) is 4.74 Å². The zero-order valence-corrected chi connectivity index (χ0v) is 14.6. The van der Waals surface area contributed by atoms with E-state index in [1.807, 2.05) is 27.7 Å². The van der Waals surface area contributed by atoms with Crippen molar-refractivity contribution in [1.29, 1.82) is 0 Å². The standard InChI is InChI=1S/C18H24N2O4/c1-13-11-19(17(23)24-18(2,3)4)9-10-20(13)16(22)15-7-5-14(12-21)6-8-15/h5-8,12-13H,9-11H2,1-4H3. The average molecular weight is 332 g/mol. The van der Waals surface area contributed by atoms with Gasteiger partial charge >= 0.3 is 6.09 Å². The summed E-state index contributed by atoms with van der Waals surface area (Å²) < 4.78 is 5.38. The molecular weight excluding hydrogens is 308 g/mol. The molecule has 0 radical (unpaired) electrons. The van der Waals surface area contributed by atoms with Crippen molar-refractivity contribution in [1.82, 2.24) is 9.80 Å². The van der Waals surface area contributed by atoms with Gasteiger partial charge < -0.3 is 14.5 Å². The summed E-state index contributed by atoms with van der Waals surface area (Å²) in [7, 11) is 0. The molecule has 24 heavy (non-hydrogen) atoms. The molecule has 0 spiro atoms. The molecule has 1 saturated heterocycles. The summed E-state index contributed by atoms with van der Waals surface area (Å²) in [6.45, 7) is 8.73. The topological polar surface area (TPSA) is 66.9 Å². The fourth-order valence-electron chi connectivity index (χ4n) is 2.62. The molecule has 130 valence electrons. The highest BCUT2D eigenvalue weighted by Crippen LogP contribution is 2.17. The van der Waals surface area contributed by atoms with E-state index in [4.69, 9.17) is 4.74 Å². The summed E-state index contributed by atoms with van der Waals surface area (Å²) in [6.07, 6.45) is 0.396. The number of aldehydes is 1. The molecule has 2 amide bonds. The third-order valence-electron chi connectivity index (χ3n) is 3.83. The number of hydrogen-bond donors (Lipinski definition) is 0. The molecule has 1 fully saturated rings. The van der Waals surface area contributed by atoms with Crippen LogP contribution < -0.4 is 0 Å². The van der Waals surface area contributed by atoms with E-state index < -0.39 is 5.60 Å². The van der Waals surface area contributed by atoms with Gasteiger partial charge in [0.25, 0.3) is 5.91 Å². The Labute approximate surface area is 142 Å². The molecule has 0 saturated carbocycles. The van der Waals surface area contributed by atoms with Crippen LogP contribution in [0.1, 0.15) is 48.4 Å². The van der Waals surface area contributed by atoms with E-state index in [-0.39, 0.29) is 18.0 Å². The fourth-order valence-corrected chi connectivity index (χ4v) is 2.62. The largest absolute Gasteiger partial charge is 0.444 e. The Kier molecular flexibility index (Phi) is 5.26. The lowest BCUT2D eigenvalue weighted by Gasteiger charge is -2.40. The highest BCUT2D eigenvalue weighted by atomic mass is 16.6. The predicted molar refractivity (Wildman–Crippen MR) is 90.1 cm³/mol. The van der Waals surface area contributed by atoms with Crippen molar-refractivity contribution < 1.29 is 19.1 Å². The van der Waals surface area contributed by atoms with Crippen molar-refractivity contribution in [2.45, 2.75) is 39.3 Å². The zero-order chi connectivity index (χ0) is 17.9. The van der Waals surface area contributed by atoms with Crippen LogP contribution in [0.25, 0.3) is 0 Å². The Morgan fingerprint density at radius 1 is 1.17 bits per heavy atom. The first kappa shape index (κ1) is 18.0. The molecule has 0 N–H and O–H groups in total. The van der Waals surface area contributed by atoms with E-state index in [1.54, 1.807) is 34.1 Å². The molecule has 1 aromatic rings. The molecule has 1 heterocycles. The van der Waals surface area contributed by atoms with E-state index >= 15 is 0 Å². The Morgan fingerprint density at radius 3 is 2.29 bits per heavy atom. The molecule has 0 bridgehead atoms. The van der Waals surface area contributed by atoms with E-state index in [2.05, 4.69) is 0 Å². The van der Waals surface area contributed by atoms with Crippen molar-refractivity contribution in [3.8, 4) is 0 Å². The summed E-state index contributed by atoms with van der Waals surface area (Å²) >= 11 is 0. The maximum absolute atomic E-state index is 12.6. The molecule has 1 atom stereocenters. The number of rotatable bonds is 2. The van der Waals surface area contributed by atoms with Gasteiger partial charge in [-0.05, 0) is 39.8 Å². The van der Waals surface area contributed by atoms with Gasteiger partial charge in [0.2, 0.25) is 0 Å². The average Bonchev–Trinajstić information content (AvgIpc) is 2.52. The molecular formula is C18H24N2O4. The first-order valence-electron chi connectivity index (χ1n) is 8.05. The SMILES string of the molecule is CC1CN(C(=O)OC(C)(C)C)CCN1C(=O)c1ccc(C=O)cc1. The van der Waals surface area contributed by atoms with E-state index in [1.165, 1.54) is 0 Å². The lowest BCUT2D eigenvalue weighted by Crippen LogP contribution is -2.56. The van der Waals surface area contributed by atoms with Crippen LogP contribution in [0.15, 0.2) is 24.3 Å². The van der Waals surface area contributed by atoms with Gasteiger partial charge in [-0.15, -0.1) is 0 Å². The van der Waals surface area contributed by atoms with Crippen LogP contribution in [0, 0.1) is 0 Å². The summed E-state index contributed by atoms with van der Waals surface area (Å²) in [5, 5.41) is 0.